The van der Waals surface area contributed by atoms with Crippen molar-refractivity contribution in [2.45, 2.75) is 6.92 Å². The van der Waals surface area contributed by atoms with Crippen LogP contribution in [0.4, 0.5) is 0 Å². The molecule has 2 aromatic rings. The zero-order chi connectivity index (χ0) is 9.10. The first-order chi connectivity index (χ1) is 6.42. The van der Waals surface area contributed by atoms with E-state index in [1.54, 1.807) is 0 Å². The first kappa shape index (κ1) is 8.05. The van der Waals surface area contributed by atoms with Gasteiger partial charge in [-0.05, 0) is 13.0 Å². The van der Waals surface area contributed by atoms with E-state index in [0.29, 0.717) is 0 Å². The smallest absolute Gasteiger partial charge is 0.0542 e. The highest BCUT2D eigenvalue weighted by Gasteiger charge is 1.97. The van der Waals surface area contributed by atoms with Crippen molar-refractivity contribution in [3.63, 3.8) is 0 Å². The van der Waals surface area contributed by atoms with Crippen LogP contribution in [-0.4, -0.2) is 17.7 Å². The minimum Gasteiger partial charge on any atom is -0.361 e. The van der Waals surface area contributed by atoms with Gasteiger partial charge in [0.2, 0.25) is 0 Å². The summed E-state index contributed by atoms with van der Waals surface area (Å²) in [6.45, 7) is 2.86. The molecule has 2 nitrogen and oxygen atoms in total. The molecule has 0 aliphatic carbocycles. The number of aromatic amines is 1. The van der Waals surface area contributed by atoms with Crippen molar-refractivity contribution in [3.8, 4) is 0 Å². The second-order valence-electron chi connectivity index (χ2n) is 2.92. The van der Waals surface area contributed by atoms with Crippen molar-refractivity contribution < 1.29 is 0 Å². The number of rotatable bonds is 2. The molecule has 2 heteroatoms. The Balaban J connectivity index is 2.54. The molecule has 0 radical (unpaired) electrons. The van der Waals surface area contributed by atoms with E-state index in [-0.39, 0.29) is 0 Å². The van der Waals surface area contributed by atoms with Gasteiger partial charge in [-0.25, -0.2) is 0 Å². The quantitative estimate of drug-likeness (QED) is 0.674. The molecular formula is C11H12N2. The molecule has 0 amide bonds. The van der Waals surface area contributed by atoms with Gasteiger partial charge >= 0.3 is 0 Å². The number of hydrogen-bond acceptors (Lipinski definition) is 1. The van der Waals surface area contributed by atoms with Gasteiger partial charge in [-0.15, -0.1) is 0 Å². The predicted octanol–water partition coefficient (Wildman–Crippen LogP) is 2.61. The Morgan fingerprint density at radius 3 is 3.15 bits per heavy atom. The van der Waals surface area contributed by atoms with Crippen LogP contribution in [0.15, 0.2) is 35.5 Å². The number of aromatic nitrogens is 1. The SMILES string of the molecule is CC/N=C/c1cccc2cc[nH]c12. The molecule has 1 N–H and O–H groups in total. The Labute approximate surface area is 77.3 Å². The molecule has 1 heterocycles. The fourth-order valence-electron chi connectivity index (χ4n) is 1.41. The van der Waals surface area contributed by atoms with Crippen LogP contribution in [0.3, 0.4) is 0 Å². The summed E-state index contributed by atoms with van der Waals surface area (Å²) in [6.07, 6.45) is 3.87. The third kappa shape index (κ3) is 1.47. The molecular weight excluding hydrogens is 160 g/mol. The molecule has 1 aromatic heterocycles. The number of nitrogens with one attached hydrogen (secondary N) is 1. The normalized spacial score (nSPS) is 11.5. The van der Waals surface area contributed by atoms with Crippen LogP contribution in [0.5, 0.6) is 0 Å². The third-order valence-electron chi connectivity index (χ3n) is 2.03. The van der Waals surface area contributed by atoms with E-state index in [1.165, 1.54) is 10.9 Å². The molecule has 0 atom stereocenters. The molecule has 0 saturated heterocycles. The summed E-state index contributed by atoms with van der Waals surface area (Å²) < 4.78 is 0. The van der Waals surface area contributed by atoms with Gasteiger partial charge in [0.25, 0.3) is 0 Å². The summed E-state index contributed by atoms with van der Waals surface area (Å²) in [4.78, 5) is 7.43. The largest absolute Gasteiger partial charge is 0.361 e. The molecule has 0 unspecified atom stereocenters. The summed E-state index contributed by atoms with van der Waals surface area (Å²) in [5.41, 5.74) is 2.32. The van der Waals surface area contributed by atoms with E-state index < -0.39 is 0 Å². The Morgan fingerprint density at radius 2 is 2.31 bits per heavy atom. The van der Waals surface area contributed by atoms with E-state index in [0.717, 1.165) is 12.1 Å². The zero-order valence-corrected chi connectivity index (χ0v) is 7.62. The van der Waals surface area contributed by atoms with E-state index in [9.17, 15) is 0 Å². The van der Waals surface area contributed by atoms with Crippen molar-refractivity contribution >= 4 is 17.1 Å². The average Bonchev–Trinajstić information content (AvgIpc) is 2.62. The standard InChI is InChI=1S/C11H12N2/c1-2-12-8-10-5-3-4-9-6-7-13-11(9)10/h3-8,13H,2H2,1H3/b12-8+. The number of aliphatic imine (C=N–C) groups is 1. The molecule has 13 heavy (non-hydrogen) atoms. The van der Waals surface area contributed by atoms with Gasteiger partial charge in [-0.2, -0.15) is 0 Å². The zero-order valence-electron chi connectivity index (χ0n) is 7.62. The summed E-state index contributed by atoms with van der Waals surface area (Å²) in [5.74, 6) is 0. The van der Waals surface area contributed by atoms with E-state index in [2.05, 4.69) is 28.2 Å². The third-order valence-corrected chi connectivity index (χ3v) is 2.03. The van der Waals surface area contributed by atoms with Crippen molar-refractivity contribution in [2.75, 3.05) is 6.54 Å². The van der Waals surface area contributed by atoms with Crippen LogP contribution in [0, 0.1) is 0 Å². The lowest BCUT2D eigenvalue weighted by Crippen LogP contribution is -1.83. The highest BCUT2D eigenvalue weighted by atomic mass is 14.7. The van der Waals surface area contributed by atoms with E-state index in [4.69, 9.17) is 0 Å². The number of para-hydroxylation sites is 1. The topological polar surface area (TPSA) is 28.1 Å². The van der Waals surface area contributed by atoms with Crippen LogP contribution in [0.1, 0.15) is 12.5 Å². The maximum atomic E-state index is 4.23. The molecule has 0 fully saturated rings. The molecule has 66 valence electrons. The molecule has 0 saturated carbocycles. The lowest BCUT2D eigenvalue weighted by atomic mass is 10.1. The molecule has 2 rings (SSSR count). The lowest BCUT2D eigenvalue weighted by Gasteiger charge is -1.95. The highest BCUT2D eigenvalue weighted by Crippen LogP contribution is 2.14. The predicted molar refractivity (Wildman–Crippen MR) is 56.4 cm³/mol. The van der Waals surface area contributed by atoms with Crippen molar-refractivity contribution in [1.29, 1.82) is 0 Å². The summed E-state index contributed by atoms with van der Waals surface area (Å²) in [6, 6.07) is 8.28. The summed E-state index contributed by atoms with van der Waals surface area (Å²) >= 11 is 0. The number of benzene rings is 1. The molecule has 0 spiro atoms. The fourth-order valence-corrected chi connectivity index (χ4v) is 1.41. The van der Waals surface area contributed by atoms with E-state index >= 15 is 0 Å². The Morgan fingerprint density at radius 1 is 1.38 bits per heavy atom. The van der Waals surface area contributed by atoms with Gasteiger partial charge in [0, 0.05) is 29.9 Å². The van der Waals surface area contributed by atoms with Crippen LogP contribution in [-0.2, 0) is 0 Å². The molecule has 0 aliphatic rings. The number of hydrogen-bond donors (Lipinski definition) is 1. The van der Waals surface area contributed by atoms with Crippen LogP contribution >= 0.6 is 0 Å². The molecule has 0 bridgehead atoms. The van der Waals surface area contributed by atoms with Crippen LogP contribution in [0.25, 0.3) is 10.9 Å². The lowest BCUT2D eigenvalue weighted by molar-refractivity contribution is 1.14. The average molecular weight is 172 g/mol. The highest BCUT2D eigenvalue weighted by molar-refractivity contribution is 5.97. The number of fused-ring (bicyclic) bond motifs is 1. The monoisotopic (exact) mass is 172 g/mol. The minimum atomic E-state index is 0.830. The van der Waals surface area contributed by atoms with Gasteiger partial charge < -0.3 is 4.98 Å². The fraction of sp³-hybridized carbons (Fsp3) is 0.182. The van der Waals surface area contributed by atoms with Gasteiger partial charge in [0.15, 0.2) is 0 Å². The first-order valence-electron chi connectivity index (χ1n) is 4.47. The molecule has 1 aromatic carbocycles. The maximum Gasteiger partial charge on any atom is 0.0542 e. The number of H-pyrrole nitrogens is 1. The maximum absolute atomic E-state index is 4.23. The Kier molecular flexibility index (Phi) is 2.13. The second kappa shape index (κ2) is 3.44. The first-order valence-corrected chi connectivity index (χ1v) is 4.47. The molecule has 0 aliphatic heterocycles. The summed E-state index contributed by atoms with van der Waals surface area (Å²) in [7, 11) is 0. The van der Waals surface area contributed by atoms with Crippen molar-refractivity contribution in [2.24, 2.45) is 4.99 Å². The van der Waals surface area contributed by atoms with Gasteiger partial charge in [-0.3, -0.25) is 4.99 Å². The van der Waals surface area contributed by atoms with E-state index in [1.807, 2.05) is 25.4 Å². The van der Waals surface area contributed by atoms with Crippen LogP contribution < -0.4 is 0 Å². The van der Waals surface area contributed by atoms with Crippen molar-refractivity contribution in [3.05, 3.63) is 36.0 Å². The Hall–Kier alpha value is -1.57. The minimum absolute atomic E-state index is 0.830. The number of nitrogens with zero attached hydrogens (tertiary/aromatic N) is 1. The van der Waals surface area contributed by atoms with Gasteiger partial charge in [0.05, 0.1) is 5.52 Å². The Bertz CT molecular complexity index is 426. The van der Waals surface area contributed by atoms with Crippen LogP contribution in [0.2, 0.25) is 0 Å². The summed E-state index contributed by atoms with van der Waals surface area (Å²) in [5, 5.41) is 1.24. The van der Waals surface area contributed by atoms with Gasteiger partial charge in [-0.1, -0.05) is 18.2 Å². The second-order valence-corrected chi connectivity index (χ2v) is 2.92. The van der Waals surface area contributed by atoms with Gasteiger partial charge in [0.1, 0.15) is 0 Å². The van der Waals surface area contributed by atoms with Crippen molar-refractivity contribution in [1.82, 2.24) is 4.98 Å².